The highest BCUT2D eigenvalue weighted by atomic mass is 16.1. The van der Waals surface area contributed by atoms with Crippen molar-refractivity contribution in [3.8, 4) is 11.3 Å². The molecule has 1 N–H and O–H groups in total. The molecule has 0 radical (unpaired) electrons. The minimum Gasteiger partial charge on any atom is -0.355 e. The molecule has 0 fully saturated rings. The Kier molecular flexibility index (Phi) is 2.21. The van der Waals surface area contributed by atoms with Gasteiger partial charge in [-0.25, -0.2) is 4.98 Å². The molecule has 0 saturated carbocycles. The molecular formula is C11H13N5O. The Morgan fingerprint density at radius 2 is 2.35 bits per heavy atom. The molecular weight excluding hydrogens is 218 g/mol. The van der Waals surface area contributed by atoms with Crippen molar-refractivity contribution in [3.63, 3.8) is 0 Å². The fourth-order valence-corrected chi connectivity index (χ4v) is 2.00. The van der Waals surface area contributed by atoms with Gasteiger partial charge < -0.3 is 5.32 Å². The fourth-order valence-electron chi connectivity index (χ4n) is 2.00. The SMILES string of the molecule is Cn1cc(-c2cc(=O)n3c(n2)NCCC3)cn1. The molecule has 6 nitrogen and oxygen atoms in total. The molecule has 0 aliphatic carbocycles. The summed E-state index contributed by atoms with van der Waals surface area (Å²) >= 11 is 0. The summed E-state index contributed by atoms with van der Waals surface area (Å²) in [6.45, 7) is 1.60. The molecule has 2 aromatic heterocycles. The van der Waals surface area contributed by atoms with Crippen LogP contribution in [0.1, 0.15) is 6.42 Å². The van der Waals surface area contributed by atoms with Crippen LogP contribution in [0.3, 0.4) is 0 Å². The number of nitrogens with one attached hydrogen (secondary N) is 1. The zero-order valence-corrected chi connectivity index (χ0v) is 9.55. The van der Waals surface area contributed by atoms with Gasteiger partial charge in [0.1, 0.15) is 0 Å². The van der Waals surface area contributed by atoms with E-state index in [2.05, 4.69) is 15.4 Å². The molecule has 88 valence electrons. The summed E-state index contributed by atoms with van der Waals surface area (Å²) in [6, 6.07) is 1.56. The smallest absolute Gasteiger partial charge is 0.255 e. The van der Waals surface area contributed by atoms with Crippen molar-refractivity contribution < 1.29 is 0 Å². The molecule has 2 aromatic rings. The van der Waals surface area contributed by atoms with Crippen molar-refractivity contribution in [2.75, 3.05) is 11.9 Å². The summed E-state index contributed by atoms with van der Waals surface area (Å²) in [5, 5.41) is 7.23. The quantitative estimate of drug-likeness (QED) is 0.774. The third kappa shape index (κ3) is 1.71. The summed E-state index contributed by atoms with van der Waals surface area (Å²) in [4.78, 5) is 16.4. The van der Waals surface area contributed by atoms with Gasteiger partial charge in [0.25, 0.3) is 5.56 Å². The molecule has 3 rings (SSSR count). The van der Waals surface area contributed by atoms with Crippen molar-refractivity contribution >= 4 is 5.95 Å². The largest absolute Gasteiger partial charge is 0.355 e. The van der Waals surface area contributed by atoms with Gasteiger partial charge in [-0.15, -0.1) is 0 Å². The Balaban J connectivity index is 2.13. The second-order valence-electron chi connectivity index (χ2n) is 4.14. The van der Waals surface area contributed by atoms with E-state index >= 15 is 0 Å². The van der Waals surface area contributed by atoms with Gasteiger partial charge in [-0.3, -0.25) is 14.0 Å². The molecule has 0 aromatic carbocycles. The van der Waals surface area contributed by atoms with Crippen molar-refractivity contribution in [2.24, 2.45) is 7.05 Å². The van der Waals surface area contributed by atoms with E-state index < -0.39 is 0 Å². The van der Waals surface area contributed by atoms with Crippen LogP contribution in [0, 0.1) is 0 Å². The van der Waals surface area contributed by atoms with Crippen LogP contribution in [0.15, 0.2) is 23.3 Å². The van der Waals surface area contributed by atoms with Crippen molar-refractivity contribution in [2.45, 2.75) is 13.0 Å². The van der Waals surface area contributed by atoms with Crippen LogP contribution in [0.2, 0.25) is 0 Å². The lowest BCUT2D eigenvalue weighted by Crippen LogP contribution is -2.29. The zero-order chi connectivity index (χ0) is 11.8. The normalized spacial score (nSPS) is 14.2. The van der Waals surface area contributed by atoms with Crippen LogP contribution >= 0.6 is 0 Å². The lowest BCUT2D eigenvalue weighted by atomic mass is 10.2. The monoisotopic (exact) mass is 231 g/mol. The van der Waals surface area contributed by atoms with E-state index in [-0.39, 0.29) is 5.56 Å². The van der Waals surface area contributed by atoms with Gasteiger partial charge >= 0.3 is 0 Å². The highest BCUT2D eigenvalue weighted by molar-refractivity contribution is 5.58. The molecule has 0 amide bonds. The topological polar surface area (TPSA) is 64.7 Å². The van der Waals surface area contributed by atoms with Crippen LogP contribution in [-0.2, 0) is 13.6 Å². The van der Waals surface area contributed by atoms with Gasteiger partial charge in [0.15, 0.2) is 0 Å². The molecule has 0 atom stereocenters. The first-order valence-electron chi connectivity index (χ1n) is 5.59. The second-order valence-corrected chi connectivity index (χ2v) is 4.14. The minimum absolute atomic E-state index is 0.0129. The van der Waals surface area contributed by atoms with Crippen LogP contribution in [0.25, 0.3) is 11.3 Å². The van der Waals surface area contributed by atoms with Crippen molar-refractivity contribution in [3.05, 3.63) is 28.8 Å². The Labute approximate surface area is 97.9 Å². The average molecular weight is 231 g/mol. The molecule has 0 saturated heterocycles. The molecule has 6 heteroatoms. The summed E-state index contributed by atoms with van der Waals surface area (Å²) < 4.78 is 3.37. The number of aromatic nitrogens is 4. The maximum Gasteiger partial charge on any atom is 0.255 e. The number of aryl methyl sites for hydroxylation is 1. The molecule has 3 heterocycles. The Morgan fingerprint density at radius 1 is 1.47 bits per heavy atom. The lowest BCUT2D eigenvalue weighted by Gasteiger charge is -2.18. The maximum atomic E-state index is 11.9. The number of hydrogen-bond donors (Lipinski definition) is 1. The van der Waals surface area contributed by atoms with Crippen LogP contribution in [0.5, 0.6) is 0 Å². The molecule has 1 aliphatic rings. The second kappa shape index (κ2) is 3.73. The summed E-state index contributed by atoms with van der Waals surface area (Å²) in [7, 11) is 1.84. The van der Waals surface area contributed by atoms with Crippen molar-refractivity contribution in [1.29, 1.82) is 0 Å². The minimum atomic E-state index is -0.0129. The van der Waals surface area contributed by atoms with Gasteiger partial charge in [0.05, 0.1) is 11.9 Å². The highest BCUT2D eigenvalue weighted by Gasteiger charge is 2.13. The molecule has 0 spiro atoms. The van der Waals surface area contributed by atoms with E-state index in [9.17, 15) is 4.79 Å². The molecule has 1 aliphatic heterocycles. The maximum absolute atomic E-state index is 11.9. The zero-order valence-electron chi connectivity index (χ0n) is 9.55. The van der Waals surface area contributed by atoms with Crippen LogP contribution in [-0.4, -0.2) is 25.9 Å². The predicted molar refractivity (Wildman–Crippen MR) is 63.8 cm³/mol. The van der Waals surface area contributed by atoms with E-state index in [1.165, 1.54) is 0 Å². The fraction of sp³-hybridized carbons (Fsp3) is 0.364. The number of anilines is 1. The Bertz CT molecular complexity index is 613. The van der Waals surface area contributed by atoms with Gasteiger partial charge in [0.2, 0.25) is 5.95 Å². The van der Waals surface area contributed by atoms with Gasteiger partial charge in [-0.1, -0.05) is 0 Å². The van der Waals surface area contributed by atoms with Crippen molar-refractivity contribution in [1.82, 2.24) is 19.3 Å². The number of rotatable bonds is 1. The average Bonchev–Trinajstić information content (AvgIpc) is 2.76. The molecule has 0 bridgehead atoms. The predicted octanol–water partition coefficient (Wildman–Crippen LogP) is 0.459. The Morgan fingerprint density at radius 3 is 3.12 bits per heavy atom. The van der Waals surface area contributed by atoms with E-state index in [0.29, 0.717) is 11.6 Å². The van der Waals surface area contributed by atoms with Gasteiger partial charge in [0, 0.05) is 38.0 Å². The van der Waals surface area contributed by atoms with Crippen LogP contribution in [0.4, 0.5) is 5.95 Å². The molecule has 17 heavy (non-hydrogen) atoms. The standard InChI is InChI=1S/C11H13N5O/c1-15-7-8(6-13-15)9-5-10(17)16-4-2-3-12-11(16)14-9/h5-7H,2-4H2,1H3,(H,12,14). The first kappa shape index (κ1) is 10.1. The number of fused-ring (bicyclic) bond motifs is 1. The van der Waals surface area contributed by atoms with E-state index in [4.69, 9.17) is 0 Å². The summed E-state index contributed by atoms with van der Waals surface area (Å²) in [5.41, 5.74) is 1.52. The highest BCUT2D eigenvalue weighted by Crippen LogP contribution is 2.17. The van der Waals surface area contributed by atoms with E-state index in [1.807, 2.05) is 13.2 Å². The Hall–Kier alpha value is -2.11. The number of hydrogen-bond acceptors (Lipinski definition) is 4. The first-order chi connectivity index (χ1) is 8.24. The summed E-state index contributed by atoms with van der Waals surface area (Å²) in [5.74, 6) is 0.655. The van der Waals surface area contributed by atoms with Crippen LogP contribution < -0.4 is 10.9 Å². The third-order valence-corrected chi connectivity index (χ3v) is 2.85. The van der Waals surface area contributed by atoms with E-state index in [0.717, 1.165) is 25.1 Å². The van der Waals surface area contributed by atoms with Gasteiger partial charge in [-0.2, -0.15) is 5.10 Å². The summed E-state index contributed by atoms with van der Waals surface area (Å²) in [6.07, 6.45) is 4.52. The third-order valence-electron chi connectivity index (χ3n) is 2.85. The number of nitrogens with zero attached hydrogens (tertiary/aromatic N) is 4. The molecule has 0 unspecified atom stereocenters. The lowest BCUT2D eigenvalue weighted by molar-refractivity contribution is 0.597. The first-order valence-corrected chi connectivity index (χ1v) is 5.59. The van der Waals surface area contributed by atoms with E-state index in [1.54, 1.807) is 21.5 Å². The van der Waals surface area contributed by atoms with Gasteiger partial charge in [-0.05, 0) is 6.42 Å².